The number of carbonyl (C=O) groups excluding carboxylic acids is 2. The average Bonchev–Trinajstić information content (AvgIpc) is 3.13. The van der Waals surface area contributed by atoms with Crippen LogP contribution in [-0.2, 0) is 9.59 Å². The Bertz CT molecular complexity index is 488. The summed E-state index contributed by atoms with van der Waals surface area (Å²) < 4.78 is 0. The Labute approximate surface area is 157 Å². The average molecular weight is 366 g/mol. The largest absolute Gasteiger partial charge is 0.357 e. The fraction of sp³-hybridized carbons (Fsp3) is 0.842. The van der Waals surface area contributed by atoms with Gasteiger partial charge in [0.25, 0.3) is 0 Å². The molecular formula is C19H35N5O2. The predicted octanol–water partition coefficient (Wildman–Crippen LogP) is 1.25. The van der Waals surface area contributed by atoms with Crippen molar-refractivity contribution >= 4 is 17.8 Å². The smallest absolute Gasteiger partial charge is 0.223 e. The minimum absolute atomic E-state index is 0.183. The summed E-state index contributed by atoms with van der Waals surface area (Å²) in [7, 11) is 0. The van der Waals surface area contributed by atoms with Crippen molar-refractivity contribution in [2.24, 2.45) is 10.9 Å². The summed E-state index contributed by atoms with van der Waals surface area (Å²) in [5.41, 5.74) is 0. The summed E-state index contributed by atoms with van der Waals surface area (Å²) in [5.74, 6) is 1.35. The van der Waals surface area contributed by atoms with E-state index in [9.17, 15) is 9.59 Å². The number of nitrogens with zero attached hydrogens (tertiary/aromatic N) is 2. The lowest BCUT2D eigenvalue weighted by Gasteiger charge is -2.20. The maximum atomic E-state index is 12.1. The van der Waals surface area contributed by atoms with Crippen LogP contribution in [-0.4, -0.2) is 61.4 Å². The van der Waals surface area contributed by atoms with E-state index >= 15 is 0 Å². The van der Waals surface area contributed by atoms with Crippen molar-refractivity contribution in [1.29, 1.82) is 0 Å². The van der Waals surface area contributed by atoms with Crippen molar-refractivity contribution in [3.8, 4) is 0 Å². The summed E-state index contributed by atoms with van der Waals surface area (Å²) in [5, 5.41) is 9.67. The zero-order valence-corrected chi connectivity index (χ0v) is 16.4. The van der Waals surface area contributed by atoms with E-state index in [1.54, 1.807) is 0 Å². The van der Waals surface area contributed by atoms with Crippen LogP contribution in [0.2, 0.25) is 0 Å². The second kappa shape index (κ2) is 11.0. The van der Waals surface area contributed by atoms with Gasteiger partial charge in [0.15, 0.2) is 5.96 Å². The number of likely N-dealkylation sites (tertiary alicyclic amines) is 1. The van der Waals surface area contributed by atoms with Crippen LogP contribution in [0.15, 0.2) is 4.99 Å². The zero-order chi connectivity index (χ0) is 18.8. The predicted molar refractivity (Wildman–Crippen MR) is 104 cm³/mol. The minimum Gasteiger partial charge on any atom is -0.357 e. The van der Waals surface area contributed by atoms with E-state index in [-0.39, 0.29) is 23.8 Å². The highest BCUT2D eigenvalue weighted by Crippen LogP contribution is 2.23. The van der Waals surface area contributed by atoms with Gasteiger partial charge in [0.05, 0.1) is 6.54 Å². The van der Waals surface area contributed by atoms with Gasteiger partial charge in [-0.25, -0.2) is 0 Å². The summed E-state index contributed by atoms with van der Waals surface area (Å²) in [6.45, 7) is 7.37. The van der Waals surface area contributed by atoms with Crippen LogP contribution in [0.4, 0.5) is 0 Å². The summed E-state index contributed by atoms with van der Waals surface area (Å²) in [4.78, 5) is 30.4. The van der Waals surface area contributed by atoms with Crippen molar-refractivity contribution in [2.75, 3.05) is 32.7 Å². The van der Waals surface area contributed by atoms with E-state index in [0.29, 0.717) is 19.5 Å². The van der Waals surface area contributed by atoms with Gasteiger partial charge in [0, 0.05) is 44.6 Å². The maximum absolute atomic E-state index is 12.1. The Morgan fingerprint density at radius 3 is 2.54 bits per heavy atom. The molecule has 0 aromatic carbocycles. The van der Waals surface area contributed by atoms with Crippen LogP contribution in [0.1, 0.15) is 58.8 Å². The quantitative estimate of drug-likeness (QED) is 0.360. The lowest BCUT2D eigenvalue weighted by Crippen LogP contribution is -2.45. The molecule has 148 valence electrons. The Morgan fingerprint density at radius 1 is 1.08 bits per heavy atom. The van der Waals surface area contributed by atoms with Gasteiger partial charge in [-0.3, -0.25) is 14.6 Å². The number of nitrogens with one attached hydrogen (secondary N) is 3. The highest BCUT2D eigenvalue weighted by atomic mass is 16.2. The fourth-order valence-corrected chi connectivity index (χ4v) is 3.70. The number of amides is 2. The molecule has 7 heteroatoms. The van der Waals surface area contributed by atoms with Crippen molar-refractivity contribution in [1.82, 2.24) is 20.9 Å². The molecule has 2 fully saturated rings. The first-order valence-electron chi connectivity index (χ1n) is 10.2. The summed E-state index contributed by atoms with van der Waals surface area (Å²) in [6, 6.07) is 0.236. The van der Waals surface area contributed by atoms with Gasteiger partial charge < -0.3 is 20.9 Å². The molecule has 2 amide bonds. The molecule has 0 spiro atoms. The molecule has 7 nitrogen and oxygen atoms in total. The summed E-state index contributed by atoms with van der Waals surface area (Å²) >= 11 is 0. The highest BCUT2D eigenvalue weighted by Gasteiger charge is 2.25. The molecule has 1 saturated heterocycles. The first-order chi connectivity index (χ1) is 12.6. The lowest BCUT2D eigenvalue weighted by atomic mass is 9.89. The van der Waals surface area contributed by atoms with Crippen LogP contribution in [0.25, 0.3) is 0 Å². The number of guanidine groups is 1. The van der Waals surface area contributed by atoms with Gasteiger partial charge in [0.1, 0.15) is 0 Å². The third kappa shape index (κ3) is 6.50. The molecule has 1 saturated carbocycles. The zero-order valence-electron chi connectivity index (χ0n) is 16.4. The molecule has 26 heavy (non-hydrogen) atoms. The lowest BCUT2D eigenvalue weighted by molar-refractivity contribution is -0.129. The van der Waals surface area contributed by atoms with Crippen molar-refractivity contribution in [3.63, 3.8) is 0 Å². The van der Waals surface area contributed by atoms with Crippen LogP contribution in [0, 0.1) is 5.92 Å². The molecule has 1 atom stereocenters. The number of hydrogen-bond acceptors (Lipinski definition) is 3. The molecule has 1 aliphatic carbocycles. The standard InChI is InChI=1S/C19H35N5O2/c1-3-17(25)24-13-10-16(14-24)23-19(20-4-2)22-12-11-21-18(26)15-8-6-5-7-9-15/h15-16H,3-14H2,1-2H3,(H,21,26)(H2,20,22,23). The maximum Gasteiger partial charge on any atom is 0.223 e. The Balaban J connectivity index is 1.72. The molecule has 0 radical (unpaired) electrons. The van der Waals surface area contributed by atoms with Crippen molar-refractivity contribution < 1.29 is 9.59 Å². The fourth-order valence-electron chi connectivity index (χ4n) is 3.70. The minimum atomic E-state index is 0.183. The molecule has 0 aromatic heterocycles. The van der Waals surface area contributed by atoms with E-state index in [1.807, 2.05) is 18.7 Å². The van der Waals surface area contributed by atoms with Crippen molar-refractivity contribution in [2.45, 2.75) is 64.8 Å². The topological polar surface area (TPSA) is 85.8 Å². The van der Waals surface area contributed by atoms with Gasteiger partial charge in [-0.1, -0.05) is 26.2 Å². The number of hydrogen-bond donors (Lipinski definition) is 3. The van der Waals surface area contributed by atoms with E-state index < -0.39 is 0 Å². The normalized spacial score (nSPS) is 21.5. The summed E-state index contributed by atoms with van der Waals surface area (Å²) in [6.07, 6.45) is 7.14. The second-order valence-electron chi connectivity index (χ2n) is 7.21. The third-order valence-electron chi connectivity index (χ3n) is 5.19. The van der Waals surface area contributed by atoms with Crippen LogP contribution in [0.5, 0.6) is 0 Å². The van der Waals surface area contributed by atoms with E-state index in [1.165, 1.54) is 19.3 Å². The Kier molecular flexibility index (Phi) is 8.71. The first-order valence-corrected chi connectivity index (χ1v) is 10.2. The van der Waals surface area contributed by atoms with E-state index in [2.05, 4.69) is 20.9 Å². The van der Waals surface area contributed by atoms with Gasteiger partial charge in [-0.05, 0) is 26.2 Å². The van der Waals surface area contributed by atoms with E-state index in [4.69, 9.17) is 0 Å². The van der Waals surface area contributed by atoms with Crippen molar-refractivity contribution in [3.05, 3.63) is 0 Å². The Morgan fingerprint density at radius 2 is 1.85 bits per heavy atom. The number of rotatable bonds is 7. The molecule has 3 N–H and O–H groups in total. The van der Waals surface area contributed by atoms with E-state index in [0.717, 1.165) is 44.9 Å². The highest BCUT2D eigenvalue weighted by molar-refractivity contribution is 5.81. The van der Waals surface area contributed by atoms with Crippen LogP contribution < -0.4 is 16.0 Å². The monoisotopic (exact) mass is 365 g/mol. The molecule has 0 aromatic rings. The molecule has 1 aliphatic heterocycles. The van der Waals surface area contributed by atoms with Gasteiger partial charge >= 0.3 is 0 Å². The van der Waals surface area contributed by atoms with Crippen LogP contribution in [0.3, 0.4) is 0 Å². The SMILES string of the molecule is CCNC(=NCCNC(=O)C1CCCCC1)NC1CCN(C(=O)CC)C1. The molecule has 0 bridgehead atoms. The molecule has 2 aliphatic rings. The molecule has 2 rings (SSSR count). The molecular weight excluding hydrogens is 330 g/mol. The molecule has 1 unspecified atom stereocenters. The first kappa shape index (κ1) is 20.5. The second-order valence-corrected chi connectivity index (χ2v) is 7.21. The van der Waals surface area contributed by atoms with Gasteiger partial charge in [0.2, 0.25) is 11.8 Å². The van der Waals surface area contributed by atoms with Crippen LogP contribution >= 0.6 is 0 Å². The Hall–Kier alpha value is -1.79. The number of carbonyl (C=O) groups is 2. The molecule has 1 heterocycles. The van der Waals surface area contributed by atoms with Gasteiger partial charge in [-0.2, -0.15) is 0 Å². The van der Waals surface area contributed by atoms with Gasteiger partial charge in [-0.15, -0.1) is 0 Å². The number of aliphatic imine (C=N–C) groups is 1. The third-order valence-corrected chi connectivity index (χ3v) is 5.19.